The molecule has 1 fully saturated rings. The SMILES string of the molecule is CN1C(=O)CCc2cc(CN3CCCNCC3)ccc21. The van der Waals surface area contributed by atoms with E-state index in [0.29, 0.717) is 6.42 Å². The molecular weight excluding hydrogens is 250 g/mol. The second-order valence-electron chi connectivity index (χ2n) is 5.80. The van der Waals surface area contributed by atoms with Crippen molar-refractivity contribution in [2.45, 2.75) is 25.8 Å². The van der Waals surface area contributed by atoms with E-state index in [9.17, 15) is 4.79 Å². The average molecular weight is 273 g/mol. The number of hydrogen-bond donors (Lipinski definition) is 1. The van der Waals surface area contributed by atoms with E-state index in [1.807, 2.05) is 7.05 Å². The van der Waals surface area contributed by atoms with Crippen LogP contribution in [0.3, 0.4) is 0 Å². The molecule has 0 bridgehead atoms. The molecule has 3 rings (SSSR count). The molecule has 4 nitrogen and oxygen atoms in total. The van der Waals surface area contributed by atoms with Gasteiger partial charge in [0.25, 0.3) is 0 Å². The van der Waals surface area contributed by atoms with Crippen LogP contribution in [0.25, 0.3) is 0 Å². The molecule has 2 aliphatic heterocycles. The van der Waals surface area contributed by atoms with Crippen molar-refractivity contribution in [2.75, 3.05) is 38.1 Å². The fourth-order valence-electron chi connectivity index (χ4n) is 3.13. The van der Waals surface area contributed by atoms with Crippen LogP contribution < -0.4 is 10.2 Å². The van der Waals surface area contributed by atoms with E-state index in [1.165, 1.54) is 24.1 Å². The smallest absolute Gasteiger partial charge is 0.227 e. The fraction of sp³-hybridized carbons (Fsp3) is 0.562. The van der Waals surface area contributed by atoms with Gasteiger partial charge in [0.05, 0.1) is 0 Å². The molecule has 1 aromatic carbocycles. The highest BCUT2D eigenvalue weighted by molar-refractivity contribution is 5.95. The first kappa shape index (κ1) is 13.6. The van der Waals surface area contributed by atoms with Gasteiger partial charge in [0.1, 0.15) is 0 Å². The van der Waals surface area contributed by atoms with Crippen LogP contribution in [0.1, 0.15) is 24.0 Å². The minimum absolute atomic E-state index is 0.226. The quantitative estimate of drug-likeness (QED) is 0.884. The van der Waals surface area contributed by atoms with Crippen molar-refractivity contribution in [1.82, 2.24) is 10.2 Å². The molecule has 1 N–H and O–H groups in total. The summed E-state index contributed by atoms with van der Waals surface area (Å²) in [5.41, 5.74) is 3.77. The lowest BCUT2D eigenvalue weighted by Gasteiger charge is -2.27. The van der Waals surface area contributed by atoms with Crippen LogP contribution in [-0.4, -0.2) is 44.0 Å². The van der Waals surface area contributed by atoms with Crippen molar-refractivity contribution in [2.24, 2.45) is 0 Å². The molecule has 0 saturated carbocycles. The van der Waals surface area contributed by atoms with Crippen LogP contribution in [0.4, 0.5) is 5.69 Å². The summed E-state index contributed by atoms with van der Waals surface area (Å²) >= 11 is 0. The Morgan fingerprint density at radius 2 is 2.10 bits per heavy atom. The number of carbonyl (C=O) groups excluding carboxylic acids is 1. The minimum atomic E-state index is 0.226. The number of anilines is 1. The number of carbonyl (C=O) groups is 1. The molecule has 1 aromatic rings. The zero-order chi connectivity index (χ0) is 13.9. The highest BCUT2D eigenvalue weighted by Gasteiger charge is 2.21. The fourth-order valence-corrected chi connectivity index (χ4v) is 3.13. The van der Waals surface area contributed by atoms with Gasteiger partial charge in [-0.15, -0.1) is 0 Å². The van der Waals surface area contributed by atoms with Gasteiger partial charge in [0, 0.05) is 38.8 Å². The lowest BCUT2D eigenvalue weighted by molar-refractivity contribution is -0.118. The molecule has 0 radical (unpaired) electrons. The summed E-state index contributed by atoms with van der Waals surface area (Å²) in [6.45, 7) is 5.53. The van der Waals surface area contributed by atoms with E-state index in [0.717, 1.165) is 38.3 Å². The number of rotatable bonds is 2. The summed E-state index contributed by atoms with van der Waals surface area (Å²) in [6.07, 6.45) is 2.75. The van der Waals surface area contributed by atoms with Crippen LogP contribution >= 0.6 is 0 Å². The van der Waals surface area contributed by atoms with Gasteiger partial charge in [-0.1, -0.05) is 12.1 Å². The van der Waals surface area contributed by atoms with Crippen molar-refractivity contribution in [1.29, 1.82) is 0 Å². The molecule has 4 heteroatoms. The average Bonchev–Trinajstić information content (AvgIpc) is 2.72. The van der Waals surface area contributed by atoms with Gasteiger partial charge in [-0.3, -0.25) is 9.69 Å². The van der Waals surface area contributed by atoms with Crippen LogP contribution in [0.2, 0.25) is 0 Å². The summed E-state index contributed by atoms with van der Waals surface area (Å²) in [6, 6.07) is 6.57. The molecule has 1 saturated heterocycles. The first-order chi connectivity index (χ1) is 9.74. The molecule has 2 aliphatic rings. The Hall–Kier alpha value is -1.39. The molecule has 1 amide bonds. The Balaban J connectivity index is 1.73. The highest BCUT2D eigenvalue weighted by Crippen LogP contribution is 2.27. The van der Waals surface area contributed by atoms with Crippen molar-refractivity contribution in [3.63, 3.8) is 0 Å². The zero-order valence-electron chi connectivity index (χ0n) is 12.2. The molecule has 0 spiro atoms. The second-order valence-corrected chi connectivity index (χ2v) is 5.80. The van der Waals surface area contributed by atoms with Crippen LogP contribution in [0, 0.1) is 0 Å². The van der Waals surface area contributed by atoms with Crippen molar-refractivity contribution >= 4 is 11.6 Å². The van der Waals surface area contributed by atoms with Crippen LogP contribution in [0.15, 0.2) is 18.2 Å². The summed E-state index contributed by atoms with van der Waals surface area (Å²) in [5.74, 6) is 0.226. The van der Waals surface area contributed by atoms with Gasteiger partial charge in [0.15, 0.2) is 0 Å². The molecule has 0 aromatic heterocycles. The Bertz CT molecular complexity index is 492. The number of benzene rings is 1. The molecule has 0 unspecified atom stereocenters. The number of hydrogen-bond acceptors (Lipinski definition) is 3. The third-order valence-electron chi connectivity index (χ3n) is 4.33. The lowest BCUT2D eigenvalue weighted by atomic mass is 9.99. The third kappa shape index (κ3) is 2.86. The normalized spacial score (nSPS) is 20.6. The second kappa shape index (κ2) is 5.94. The zero-order valence-corrected chi connectivity index (χ0v) is 12.2. The Labute approximate surface area is 120 Å². The van der Waals surface area contributed by atoms with E-state index >= 15 is 0 Å². The first-order valence-corrected chi connectivity index (χ1v) is 7.55. The molecule has 20 heavy (non-hydrogen) atoms. The van der Waals surface area contributed by atoms with Gasteiger partial charge < -0.3 is 10.2 Å². The van der Waals surface area contributed by atoms with Crippen LogP contribution in [0.5, 0.6) is 0 Å². The van der Waals surface area contributed by atoms with E-state index in [2.05, 4.69) is 28.4 Å². The number of nitrogens with one attached hydrogen (secondary N) is 1. The summed E-state index contributed by atoms with van der Waals surface area (Å²) in [4.78, 5) is 16.0. The Morgan fingerprint density at radius 3 is 3.00 bits per heavy atom. The third-order valence-corrected chi connectivity index (χ3v) is 4.33. The maximum Gasteiger partial charge on any atom is 0.227 e. The molecule has 0 aliphatic carbocycles. The molecule has 108 valence electrons. The predicted octanol–water partition coefficient (Wildman–Crippen LogP) is 1.39. The Kier molecular flexibility index (Phi) is 4.03. The summed E-state index contributed by atoms with van der Waals surface area (Å²) in [7, 11) is 1.88. The van der Waals surface area contributed by atoms with Gasteiger partial charge in [-0.05, 0) is 43.1 Å². The maximum absolute atomic E-state index is 11.7. The van der Waals surface area contributed by atoms with E-state index < -0.39 is 0 Å². The minimum Gasteiger partial charge on any atom is -0.315 e. The number of amides is 1. The van der Waals surface area contributed by atoms with Gasteiger partial charge in [-0.2, -0.15) is 0 Å². The highest BCUT2D eigenvalue weighted by atomic mass is 16.2. The number of aryl methyl sites for hydroxylation is 1. The number of nitrogens with zero attached hydrogens (tertiary/aromatic N) is 2. The van der Waals surface area contributed by atoms with Crippen molar-refractivity contribution < 1.29 is 4.79 Å². The molecule has 0 atom stereocenters. The standard InChI is InChI=1S/C16H23N3O/c1-18-15-5-3-13(11-14(15)4-6-16(18)20)12-19-9-2-7-17-8-10-19/h3,5,11,17H,2,4,6-10,12H2,1H3. The first-order valence-electron chi connectivity index (χ1n) is 7.55. The molecule has 2 heterocycles. The van der Waals surface area contributed by atoms with E-state index in [1.54, 1.807) is 4.90 Å². The molecular formula is C16H23N3O. The van der Waals surface area contributed by atoms with Crippen molar-refractivity contribution in [3.8, 4) is 0 Å². The van der Waals surface area contributed by atoms with Gasteiger partial charge >= 0.3 is 0 Å². The maximum atomic E-state index is 11.7. The number of fused-ring (bicyclic) bond motifs is 1. The van der Waals surface area contributed by atoms with E-state index in [4.69, 9.17) is 0 Å². The van der Waals surface area contributed by atoms with E-state index in [-0.39, 0.29) is 5.91 Å². The lowest BCUT2D eigenvalue weighted by Crippen LogP contribution is -2.31. The van der Waals surface area contributed by atoms with Gasteiger partial charge in [0.2, 0.25) is 5.91 Å². The van der Waals surface area contributed by atoms with Gasteiger partial charge in [-0.25, -0.2) is 0 Å². The Morgan fingerprint density at radius 1 is 1.20 bits per heavy atom. The largest absolute Gasteiger partial charge is 0.315 e. The van der Waals surface area contributed by atoms with Crippen molar-refractivity contribution in [3.05, 3.63) is 29.3 Å². The monoisotopic (exact) mass is 273 g/mol. The summed E-state index contributed by atoms with van der Waals surface area (Å²) in [5, 5.41) is 3.44. The summed E-state index contributed by atoms with van der Waals surface area (Å²) < 4.78 is 0. The topological polar surface area (TPSA) is 35.6 Å². The predicted molar refractivity (Wildman–Crippen MR) is 80.9 cm³/mol. The van der Waals surface area contributed by atoms with Crippen LogP contribution in [-0.2, 0) is 17.8 Å².